The molecule has 1 amide bonds. The molecule has 1 aromatic rings. The van der Waals surface area contributed by atoms with Crippen LogP contribution in [0.5, 0.6) is 5.88 Å². The monoisotopic (exact) mass is 320 g/mol. The molecule has 1 N–H and O–H groups in total. The maximum atomic E-state index is 12.6. The molecule has 128 valence electrons. The van der Waals surface area contributed by atoms with Gasteiger partial charge in [-0.25, -0.2) is 4.98 Å². The van der Waals surface area contributed by atoms with Gasteiger partial charge < -0.3 is 14.8 Å². The number of carbonyl (C=O) groups is 1. The average Bonchev–Trinajstić information content (AvgIpc) is 3.39. The van der Waals surface area contributed by atoms with E-state index in [0.29, 0.717) is 30.7 Å². The smallest absolute Gasteiger partial charge is 0.256 e. The number of rotatable bonds is 10. The van der Waals surface area contributed by atoms with E-state index >= 15 is 0 Å². The molecule has 0 bridgehead atoms. The summed E-state index contributed by atoms with van der Waals surface area (Å²) in [6.07, 6.45) is 6.74. The van der Waals surface area contributed by atoms with Gasteiger partial charge in [-0.1, -0.05) is 20.3 Å². The van der Waals surface area contributed by atoms with Crippen LogP contribution in [0.15, 0.2) is 18.3 Å². The van der Waals surface area contributed by atoms with Crippen LogP contribution in [0.4, 0.5) is 5.69 Å². The minimum absolute atomic E-state index is 0.0881. The summed E-state index contributed by atoms with van der Waals surface area (Å²) >= 11 is 0. The molecule has 0 aromatic carbocycles. The lowest BCUT2D eigenvalue weighted by molar-refractivity contribution is -0.142. The quantitative estimate of drug-likeness (QED) is 0.666. The van der Waals surface area contributed by atoms with Crippen molar-refractivity contribution < 1.29 is 14.3 Å². The fourth-order valence-corrected chi connectivity index (χ4v) is 2.43. The van der Waals surface area contributed by atoms with E-state index in [1.807, 2.05) is 19.9 Å². The van der Waals surface area contributed by atoms with Crippen LogP contribution in [-0.2, 0) is 9.53 Å². The minimum Gasteiger partial charge on any atom is -0.478 e. The highest BCUT2D eigenvalue weighted by atomic mass is 16.5. The zero-order valence-corrected chi connectivity index (χ0v) is 14.4. The van der Waals surface area contributed by atoms with Gasteiger partial charge in [0.05, 0.1) is 18.5 Å². The first-order valence-corrected chi connectivity index (χ1v) is 8.64. The first-order chi connectivity index (χ1) is 11.1. The molecule has 0 saturated heterocycles. The Labute approximate surface area is 138 Å². The van der Waals surface area contributed by atoms with E-state index < -0.39 is 5.60 Å². The van der Waals surface area contributed by atoms with Crippen LogP contribution in [0, 0.1) is 5.92 Å². The molecule has 0 radical (unpaired) electrons. The highest BCUT2D eigenvalue weighted by Crippen LogP contribution is 2.42. The fraction of sp³-hybridized carbons (Fsp3) is 0.667. The van der Waals surface area contributed by atoms with E-state index in [2.05, 4.69) is 17.2 Å². The van der Waals surface area contributed by atoms with Crippen LogP contribution in [-0.4, -0.2) is 29.7 Å². The van der Waals surface area contributed by atoms with Gasteiger partial charge >= 0.3 is 0 Å². The first kappa shape index (κ1) is 17.7. The van der Waals surface area contributed by atoms with Gasteiger partial charge in [-0.2, -0.15) is 0 Å². The van der Waals surface area contributed by atoms with Crippen LogP contribution < -0.4 is 10.1 Å². The lowest BCUT2D eigenvalue weighted by Gasteiger charge is -2.28. The van der Waals surface area contributed by atoms with Crippen molar-refractivity contribution in [3.05, 3.63) is 18.3 Å². The second kappa shape index (κ2) is 8.29. The Bertz CT molecular complexity index is 499. The summed E-state index contributed by atoms with van der Waals surface area (Å²) in [5.74, 6) is 0.817. The zero-order valence-electron chi connectivity index (χ0n) is 14.4. The van der Waals surface area contributed by atoms with Crippen LogP contribution in [0.3, 0.4) is 0 Å². The lowest BCUT2D eigenvalue weighted by atomic mass is 9.99. The number of nitrogens with one attached hydrogen (secondary N) is 1. The third kappa shape index (κ3) is 4.93. The molecular weight excluding hydrogens is 292 g/mol. The number of unbranched alkanes of at least 4 members (excludes halogenated alkanes) is 1. The van der Waals surface area contributed by atoms with Gasteiger partial charge in [-0.05, 0) is 44.6 Å². The average molecular weight is 320 g/mol. The van der Waals surface area contributed by atoms with Gasteiger partial charge in [0, 0.05) is 12.7 Å². The molecule has 1 aromatic heterocycles. The van der Waals surface area contributed by atoms with Crippen molar-refractivity contribution in [1.29, 1.82) is 0 Å². The zero-order chi connectivity index (χ0) is 16.7. The number of hydrogen-bond acceptors (Lipinski definition) is 4. The van der Waals surface area contributed by atoms with Crippen molar-refractivity contribution in [2.24, 2.45) is 5.92 Å². The summed E-state index contributed by atoms with van der Waals surface area (Å²) in [5, 5.41) is 2.93. The number of ether oxygens (including phenoxy) is 2. The Morgan fingerprint density at radius 2 is 2.09 bits per heavy atom. The van der Waals surface area contributed by atoms with Crippen molar-refractivity contribution in [3.8, 4) is 5.88 Å². The first-order valence-electron chi connectivity index (χ1n) is 8.64. The number of hydrogen-bond donors (Lipinski definition) is 1. The summed E-state index contributed by atoms with van der Waals surface area (Å²) in [7, 11) is 0. The summed E-state index contributed by atoms with van der Waals surface area (Å²) in [4.78, 5) is 16.9. The Hall–Kier alpha value is -1.62. The summed E-state index contributed by atoms with van der Waals surface area (Å²) in [6.45, 7) is 7.33. The fourth-order valence-electron chi connectivity index (χ4n) is 2.43. The van der Waals surface area contributed by atoms with Crippen molar-refractivity contribution in [2.45, 2.75) is 58.5 Å². The second-order valence-electron chi connectivity index (χ2n) is 6.27. The van der Waals surface area contributed by atoms with Crippen LogP contribution >= 0.6 is 0 Å². The molecule has 0 aliphatic heterocycles. The molecule has 23 heavy (non-hydrogen) atoms. The Kier molecular flexibility index (Phi) is 6.39. The third-order valence-corrected chi connectivity index (χ3v) is 4.16. The molecule has 1 unspecified atom stereocenters. The summed E-state index contributed by atoms with van der Waals surface area (Å²) in [5.41, 5.74) is -0.0726. The van der Waals surface area contributed by atoms with E-state index in [1.54, 1.807) is 12.3 Å². The van der Waals surface area contributed by atoms with Gasteiger partial charge in [0.1, 0.15) is 5.60 Å². The topological polar surface area (TPSA) is 60.5 Å². The van der Waals surface area contributed by atoms with Crippen molar-refractivity contribution in [1.82, 2.24) is 4.98 Å². The molecule has 1 atom stereocenters. The number of aromatic nitrogens is 1. The van der Waals surface area contributed by atoms with Gasteiger partial charge in [-0.15, -0.1) is 0 Å². The predicted molar refractivity (Wildman–Crippen MR) is 90.6 cm³/mol. The largest absolute Gasteiger partial charge is 0.478 e. The highest BCUT2D eigenvalue weighted by Gasteiger charge is 2.48. The predicted octanol–water partition coefficient (Wildman–Crippen LogP) is 3.79. The van der Waals surface area contributed by atoms with Crippen molar-refractivity contribution >= 4 is 11.6 Å². The van der Waals surface area contributed by atoms with Gasteiger partial charge in [0.2, 0.25) is 5.88 Å². The van der Waals surface area contributed by atoms with Gasteiger partial charge in [-0.3, -0.25) is 4.79 Å². The van der Waals surface area contributed by atoms with E-state index in [9.17, 15) is 4.79 Å². The standard InChI is InChI=1S/C18H28N2O3/c1-4-6-12-22-16-10-9-15(13-19-16)20-17(21)18(3,14-7-8-14)23-11-5-2/h9-10,13-14H,4-8,11-12H2,1-3H3,(H,20,21). The summed E-state index contributed by atoms with van der Waals surface area (Å²) < 4.78 is 11.4. The second-order valence-corrected chi connectivity index (χ2v) is 6.27. The van der Waals surface area contributed by atoms with E-state index in [0.717, 1.165) is 32.1 Å². The molecule has 1 fully saturated rings. The van der Waals surface area contributed by atoms with Crippen LogP contribution in [0.2, 0.25) is 0 Å². The maximum Gasteiger partial charge on any atom is 0.256 e. The molecule has 0 spiro atoms. The van der Waals surface area contributed by atoms with Gasteiger partial charge in [0.15, 0.2) is 0 Å². The minimum atomic E-state index is -0.744. The number of amides is 1. The maximum absolute atomic E-state index is 12.6. The van der Waals surface area contributed by atoms with E-state index in [-0.39, 0.29) is 5.91 Å². The van der Waals surface area contributed by atoms with Crippen LogP contribution in [0.1, 0.15) is 52.9 Å². The number of carbonyl (C=O) groups excluding carboxylic acids is 1. The normalized spacial score (nSPS) is 16.7. The molecular formula is C18H28N2O3. The Morgan fingerprint density at radius 1 is 1.30 bits per heavy atom. The van der Waals surface area contributed by atoms with Crippen LogP contribution in [0.25, 0.3) is 0 Å². The number of anilines is 1. The van der Waals surface area contributed by atoms with Crippen molar-refractivity contribution in [2.75, 3.05) is 18.5 Å². The molecule has 1 heterocycles. The molecule has 1 aliphatic rings. The number of nitrogens with zero attached hydrogens (tertiary/aromatic N) is 1. The van der Waals surface area contributed by atoms with E-state index in [4.69, 9.17) is 9.47 Å². The Balaban J connectivity index is 1.93. The van der Waals surface area contributed by atoms with Gasteiger partial charge in [0.25, 0.3) is 5.91 Å². The molecule has 2 rings (SSSR count). The molecule has 1 saturated carbocycles. The number of pyridine rings is 1. The summed E-state index contributed by atoms with van der Waals surface area (Å²) in [6, 6.07) is 3.60. The SMILES string of the molecule is CCCCOc1ccc(NC(=O)C(C)(OCCC)C2CC2)cn1. The van der Waals surface area contributed by atoms with Crippen molar-refractivity contribution in [3.63, 3.8) is 0 Å². The highest BCUT2D eigenvalue weighted by molar-refractivity contribution is 5.97. The third-order valence-electron chi connectivity index (χ3n) is 4.16. The molecule has 5 nitrogen and oxygen atoms in total. The lowest BCUT2D eigenvalue weighted by Crippen LogP contribution is -2.45. The Morgan fingerprint density at radius 3 is 2.65 bits per heavy atom. The van der Waals surface area contributed by atoms with E-state index in [1.165, 1.54) is 0 Å². The molecule has 1 aliphatic carbocycles. The molecule has 5 heteroatoms.